The summed E-state index contributed by atoms with van der Waals surface area (Å²) in [6.07, 6.45) is 7.40. The molecule has 1 atom stereocenters. The van der Waals surface area contributed by atoms with E-state index in [0.29, 0.717) is 25.2 Å². The summed E-state index contributed by atoms with van der Waals surface area (Å²) in [4.78, 5) is 20.8. The maximum Gasteiger partial charge on any atom is 0.220 e. The van der Waals surface area contributed by atoms with Crippen molar-refractivity contribution in [2.45, 2.75) is 51.2 Å². The predicted molar refractivity (Wildman–Crippen MR) is 95.8 cm³/mol. The summed E-state index contributed by atoms with van der Waals surface area (Å²) in [7, 11) is 0. The molecule has 1 aliphatic heterocycles. The molecule has 0 aliphatic carbocycles. The van der Waals surface area contributed by atoms with Gasteiger partial charge in [0.15, 0.2) is 5.82 Å². The first-order valence-corrected chi connectivity index (χ1v) is 9.02. The number of hydrogen-bond donors (Lipinski definition) is 1. The number of aryl methyl sites for hydroxylation is 1. The normalized spacial score (nSPS) is 19.9. The van der Waals surface area contributed by atoms with Crippen molar-refractivity contribution in [1.29, 1.82) is 0 Å². The molecule has 1 aromatic carbocycles. The van der Waals surface area contributed by atoms with Crippen molar-refractivity contribution < 1.29 is 13.9 Å². The van der Waals surface area contributed by atoms with Crippen LogP contribution in [0.25, 0.3) is 0 Å². The van der Waals surface area contributed by atoms with Gasteiger partial charge in [-0.3, -0.25) is 4.79 Å². The van der Waals surface area contributed by atoms with Gasteiger partial charge in [-0.2, -0.15) is 0 Å². The molecule has 1 fully saturated rings. The molecular formula is C20H24FN3O2. The molecule has 0 radical (unpaired) electrons. The Bertz CT molecular complexity index is 743. The highest BCUT2D eigenvalue weighted by Crippen LogP contribution is 2.32. The quantitative estimate of drug-likeness (QED) is 0.862. The van der Waals surface area contributed by atoms with Crippen molar-refractivity contribution in [2.24, 2.45) is 0 Å². The Morgan fingerprint density at radius 2 is 2.08 bits per heavy atom. The highest BCUT2D eigenvalue weighted by molar-refractivity contribution is 5.76. The lowest BCUT2D eigenvalue weighted by Crippen LogP contribution is -2.32. The molecule has 2 aromatic rings. The van der Waals surface area contributed by atoms with E-state index in [0.717, 1.165) is 37.0 Å². The number of hydrogen-bond acceptors (Lipinski definition) is 4. The smallest absolute Gasteiger partial charge is 0.220 e. The Morgan fingerprint density at radius 3 is 2.77 bits per heavy atom. The van der Waals surface area contributed by atoms with E-state index in [1.807, 2.05) is 13.0 Å². The topological polar surface area (TPSA) is 64.1 Å². The number of ether oxygens (including phenoxy) is 1. The van der Waals surface area contributed by atoms with Crippen LogP contribution in [-0.2, 0) is 28.1 Å². The Balaban J connectivity index is 1.47. The molecule has 3 rings (SSSR count). The first kappa shape index (κ1) is 18.5. The highest BCUT2D eigenvalue weighted by atomic mass is 19.1. The van der Waals surface area contributed by atoms with E-state index < -0.39 is 5.60 Å². The molecule has 26 heavy (non-hydrogen) atoms. The first-order chi connectivity index (χ1) is 12.5. The molecule has 6 heteroatoms. The second-order valence-electron chi connectivity index (χ2n) is 6.86. The molecule has 0 bridgehead atoms. The van der Waals surface area contributed by atoms with Gasteiger partial charge in [0.25, 0.3) is 0 Å². The maximum absolute atomic E-state index is 13.1. The third kappa shape index (κ3) is 4.85. The second-order valence-corrected chi connectivity index (χ2v) is 6.86. The average Bonchev–Trinajstić information content (AvgIpc) is 2.66. The fraction of sp³-hybridized carbons (Fsp3) is 0.450. The minimum absolute atomic E-state index is 0.0825. The van der Waals surface area contributed by atoms with Gasteiger partial charge in [0, 0.05) is 37.5 Å². The van der Waals surface area contributed by atoms with Gasteiger partial charge < -0.3 is 10.1 Å². The van der Waals surface area contributed by atoms with Crippen LogP contribution in [0, 0.1) is 5.82 Å². The fourth-order valence-corrected chi connectivity index (χ4v) is 3.07. The van der Waals surface area contributed by atoms with Gasteiger partial charge >= 0.3 is 0 Å². The molecule has 1 saturated heterocycles. The van der Waals surface area contributed by atoms with Gasteiger partial charge in [-0.05, 0) is 50.3 Å². The number of aromatic nitrogens is 2. The van der Waals surface area contributed by atoms with Gasteiger partial charge in [0.2, 0.25) is 5.91 Å². The van der Waals surface area contributed by atoms with Gasteiger partial charge in [0.1, 0.15) is 11.4 Å². The van der Waals surface area contributed by atoms with Crippen LogP contribution < -0.4 is 5.32 Å². The van der Waals surface area contributed by atoms with Gasteiger partial charge in [-0.25, -0.2) is 14.4 Å². The summed E-state index contributed by atoms with van der Waals surface area (Å²) in [5.74, 6) is 0.329. The van der Waals surface area contributed by atoms with E-state index in [1.54, 1.807) is 18.5 Å². The van der Waals surface area contributed by atoms with Crippen LogP contribution in [0.4, 0.5) is 4.39 Å². The van der Waals surface area contributed by atoms with Crippen molar-refractivity contribution >= 4 is 5.91 Å². The summed E-state index contributed by atoms with van der Waals surface area (Å²) in [6.45, 7) is 3.14. The lowest BCUT2D eigenvalue weighted by atomic mass is 9.95. The number of halogens is 1. The number of amides is 1. The van der Waals surface area contributed by atoms with E-state index >= 15 is 0 Å². The molecule has 0 spiro atoms. The maximum atomic E-state index is 13.1. The molecule has 1 N–H and O–H groups in total. The zero-order chi connectivity index (χ0) is 18.4. The fourth-order valence-electron chi connectivity index (χ4n) is 3.07. The highest BCUT2D eigenvalue weighted by Gasteiger charge is 2.32. The van der Waals surface area contributed by atoms with Crippen molar-refractivity contribution in [3.63, 3.8) is 0 Å². The Morgan fingerprint density at radius 1 is 1.27 bits per heavy atom. The van der Waals surface area contributed by atoms with Gasteiger partial charge in [-0.1, -0.05) is 12.1 Å². The van der Waals surface area contributed by atoms with E-state index in [1.165, 1.54) is 12.1 Å². The van der Waals surface area contributed by atoms with Gasteiger partial charge in [-0.15, -0.1) is 0 Å². The molecule has 138 valence electrons. The lowest BCUT2D eigenvalue weighted by molar-refractivity contribution is -0.121. The van der Waals surface area contributed by atoms with E-state index in [4.69, 9.17) is 4.74 Å². The summed E-state index contributed by atoms with van der Waals surface area (Å²) in [5, 5.41) is 2.85. The summed E-state index contributed by atoms with van der Waals surface area (Å²) in [5.41, 5.74) is 1.24. The minimum atomic E-state index is -0.412. The average molecular weight is 357 g/mol. The zero-order valence-electron chi connectivity index (χ0n) is 15.0. The lowest BCUT2D eigenvalue weighted by Gasteiger charge is -2.32. The van der Waals surface area contributed by atoms with Gasteiger partial charge in [0.05, 0.1) is 0 Å². The largest absolute Gasteiger partial charge is 0.367 e. The third-order valence-electron chi connectivity index (χ3n) is 4.67. The molecule has 1 aromatic heterocycles. The SMILES string of the molecule is CC1(c2ncc(CNC(=O)CCc3cccc(F)c3)cn2)CCCCO1. The number of carbonyl (C=O) groups excluding carboxylic acids is 1. The van der Waals surface area contributed by atoms with E-state index in [2.05, 4.69) is 15.3 Å². The van der Waals surface area contributed by atoms with Crippen LogP contribution in [0.15, 0.2) is 36.7 Å². The Hall–Kier alpha value is -2.34. The molecule has 2 heterocycles. The second kappa shape index (κ2) is 8.36. The Kier molecular flexibility index (Phi) is 5.93. The van der Waals surface area contributed by atoms with Crippen molar-refractivity contribution in [2.75, 3.05) is 6.61 Å². The molecule has 1 amide bonds. The van der Waals surface area contributed by atoms with Crippen LogP contribution in [0.5, 0.6) is 0 Å². The third-order valence-corrected chi connectivity index (χ3v) is 4.67. The van der Waals surface area contributed by atoms with Crippen LogP contribution in [0.2, 0.25) is 0 Å². The molecule has 1 unspecified atom stereocenters. The number of benzene rings is 1. The van der Waals surface area contributed by atoms with Crippen LogP contribution >= 0.6 is 0 Å². The number of nitrogens with one attached hydrogen (secondary N) is 1. The van der Waals surface area contributed by atoms with Crippen molar-refractivity contribution in [3.05, 3.63) is 59.4 Å². The summed E-state index contributed by atoms with van der Waals surface area (Å²) in [6, 6.07) is 6.31. The molecule has 1 aliphatic rings. The van der Waals surface area contributed by atoms with Crippen molar-refractivity contribution in [3.8, 4) is 0 Å². The van der Waals surface area contributed by atoms with Crippen LogP contribution in [-0.4, -0.2) is 22.5 Å². The van der Waals surface area contributed by atoms with E-state index in [-0.39, 0.29) is 11.7 Å². The number of rotatable bonds is 6. The molecule has 0 saturated carbocycles. The standard InChI is InChI=1S/C20H24FN3O2/c1-20(9-2-3-10-26-20)19-23-13-16(14-24-19)12-22-18(25)8-7-15-5-4-6-17(21)11-15/h4-6,11,13-14H,2-3,7-10,12H2,1H3,(H,22,25). The zero-order valence-corrected chi connectivity index (χ0v) is 15.0. The molecule has 5 nitrogen and oxygen atoms in total. The Labute approximate surface area is 153 Å². The predicted octanol–water partition coefficient (Wildman–Crippen LogP) is 3.28. The van der Waals surface area contributed by atoms with E-state index in [9.17, 15) is 9.18 Å². The summed E-state index contributed by atoms with van der Waals surface area (Å²) >= 11 is 0. The summed E-state index contributed by atoms with van der Waals surface area (Å²) < 4.78 is 19.0. The minimum Gasteiger partial charge on any atom is -0.367 e. The van der Waals surface area contributed by atoms with Crippen LogP contribution in [0.3, 0.4) is 0 Å². The first-order valence-electron chi connectivity index (χ1n) is 9.02. The molecular weight excluding hydrogens is 333 g/mol. The van der Waals surface area contributed by atoms with Crippen molar-refractivity contribution in [1.82, 2.24) is 15.3 Å². The number of nitrogens with zero attached hydrogens (tertiary/aromatic N) is 2. The van der Waals surface area contributed by atoms with Crippen LogP contribution in [0.1, 0.15) is 49.6 Å². The number of carbonyl (C=O) groups is 1. The monoisotopic (exact) mass is 357 g/mol.